The molecule has 2 rings (SSSR count). The van der Waals surface area contributed by atoms with Gasteiger partial charge in [-0.2, -0.15) is 0 Å². The van der Waals surface area contributed by atoms with Crippen LogP contribution in [-0.4, -0.2) is 31.4 Å². The Kier molecular flexibility index (Phi) is 8.19. The van der Waals surface area contributed by atoms with Crippen LogP contribution in [0.25, 0.3) is 0 Å². The summed E-state index contributed by atoms with van der Waals surface area (Å²) >= 11 is 0. The highest BCUT2D eigenvalue weighted by Gasteiger charge is 2.08. The highest BCUT2D eigenvalue weighted by molar-refractivity contribution is 5.83. The maximum Gasteiger partial charge on any atom is 0.260 e. The Morgan fingerprint density at radius 2 is 1.88 bits per heavy atom. The first-order valence-corrected chi connectivity index (χ1v) is 8.89. The average Bonchev–Trinajstić information content (AvgIpc) is 2.66. The maximum atomic E-state index is 11.9. The summed E-state index contributed by atoms with van der Waals surface area (Å²) in [4.78, 5) is 17.0. The van der Waals surface area contributed by atoms with E-state index in [-0.39, 0.29) is 18.6 Å². The molecule has 0 fully saturated rings. The lowest BCUT2D eigenvalue weighted by Crippen LogP contribution is -2.35. The van der Waals surface area contributed by atoms with Crippen molar-refractivity contribution in [1.29, 1.82) is 0 Å². The molecule has 0 aromatic heterocycles. The van der Waals surface area contributed by atoms with Gasteiger partial charge in [0, 0.05) is 11.6 Å². The molecule has 0 aliphatic carbocycles. The molecule has 0 saturated carbocycles. The van der Waals surface area contributed by atoms with Gasteiger partial charge < -0.3 is 14.9 Å². The number of benzene rings is 2. The van der Waals surface area contributed by atoms with Crippen LogP contribution in [0.3, 0.4) is 0 Å². The second-order valence-electron chi connectivity index (χ2n) is 5.97. The molecule has 1 atom stereocenters. The SMILES string of the molecule is CCOc1ccccc1/C=N/OCC(=O)NC(C)CCc1ccccc1. The topological polar surface area (TPSA) is 59.9 Å². The van der Waals surface area contributed by atoms with Crippen LogP contribution < -0.4 is 10.1 Å². The van der Waals surface area contributed by atoms with Gasteiger partial charge in [0.25, 0.3) is 5.91 Å². The van der Waals surface area contributed by atoms with Crippen molar-refractivity contribution in [3.05, 3.63) is 65.7 Å². The van der Waals surface area contributed by atoms with E-state index in [1.54, 1.807) is 6.21 Å². The molecule has 1 amide bonds. The third-order valence-electron chi connectivity index (χ3n) is 3.80. The van der Waals surface area contributed by atoms with Crippen LogP contribution in [0, 0.1) is 0 Å². The molecule has 1 N–H and O–H groups in total. The molecule has 5 heteroatoms. The Morgan fingerprint density at radius 1 is 1.15 bits per heavy atom. The summed E-state index contributed by atoms with van der Waals surface area (Å²) in [5.41, 5.74) is 2.08. The van der Waals surface area contributed by atoms with Crippen molar-refractivity contribution in [2.75, 3.05) is 13.2 Å². The minimum absolute atomic E-state index is 0.0777. The van der Waals surface area contributed by atoms with Crippen molar-refractivity contribution >= 4 is 12.1 Å². The quantitative estimate of drug-likeness (QED) is 0.524. The van der Waals surface area contributed by atoms with E-state index in [1.807, 2.05) is 56.3 Å². The van der Waals surface area contributed by atoms with Crippen molar-refractivity contribution in [3.63, 3.8) is 0 Å². The van der Waals surface area contributed by atoms with E-state index in [0.29, 0.717) is 6.61 Å². The monoisotopic (exact) mass is 354 g/mol. The van der Waals surface area contributed by atoms with Crippen LogP contribution in [0.15, 0.2) is 59.8 Å². The predicted octanol–water partition coefficient (Wildman–Crippen LogP) is 3.57. The Morgan fingerprint density at radius 3 is 2.65 bits per heavy atom. The molecule has 1 unspecified atom stereocenters. The third kappa shape index (κ3) is 6.97. The number of carbonyl (C=O) groups excluding carboxylic acids is 1. The molecule has 0 bridgehead atoms. The minimum Gasteiger partial charge on any atom is -0.493 e. The van der Waals surface area contributed by atoms with Gasteiger partial charge in [-0.3, -0.25) is 4.79 Å². The minimum atomic E-state index is -0.180. The van der Waals surface area contributed by atoms with Crippen molar-refractivity contribution in [1.82, 2.24) is 5.32 Å². The van der Waals surface area contributed by atoms with Crippen LogP contribution in [-0.2, 0) is 16.1 Å². The lowest BCUT2D eigenvalue weighted by atomic mass is 10.1. The smallest absolute Gasteiger partial charge is 0.260 e. The van der Waals surface area contributed by atoms with Gasteiger partial charge in [-0.1, -0.05) is 47.6 Å². The van der Waals surface area contributed by atoms with Crippen LogP contribution in [0.5, 0.6) is 5.75 Å². The zero-order valence-electron chi connectivity index (χ0n) is 15.4. The Balaban J connectivity index is 1.70. The highest BCUT2D eigenvalue weighted by atomic mass is 16.6. The summed E-state index contributed by atoms with van der Waals surface area (Å²) in [5, 5.41) is 6.78. The molecule has 0 aliphatic rings. The summed E-state index contributed by atoms with van der Waals surface area (Å²) in [6.45, 7) is 4.38. The number of nitrogens with one attached hydrogen (secondary N) is 1. The van der Waals surface area contributed by atoms with Crippen LogP contribution in [0.2, 0.25) is 0 Å². The zero-order chi connectivity index (χ0) is 18.6. The van der Waals surface area contributed by atoms with Gasteiger partial charge in [0.2, 0.25) is 0 Å². The number of nitrogens with zero attached hydrogens (tertiary/aromatic N) is 1. The van der Waals surface area contributed by atoms with Gasteiger partial charge in [-0.15, -0.1) is 0 Å². The summed E-state index contributed by atoms with van der Waals surface area (Å²) in [5.74, 6) is 0.558. The van der Waals surface area contributed by atoms with Gasteiger partial charge in [-0.05, 0) is 44.4 Å². The third-order valence-corrected chi connectivity index (χ3v) is 3.80. The van der Waals surface area contributed by atoms with Crippen molar-refractivity contribution in [2.45, 2.75) is 32.7 Å². The van der Waals surface area contributed by atoms with E-state index >= 15 is 0 Å². The van der Waals surface area contributed by atoms with Gasteiger partial charge in [0.1, 0.15) is 5.75 Å². The number of rotatable bonds is 10. The van der Waals surface area contributed by atoms with Gasteiger partial charge >= 0.3 is 0 Å². The molecular weight excluding hydrogens is 328 g/mol. The van der Waals surface area contributed by atoms with Crippen molar-refractivity contribution in [2.24, 2.45) is 5.16 Å². The zero-order valence-corrected chi connectivity index (χ0v) is 15.4. The summed E-state index contributed by atoms with van der Waals surface area (Å²) < 4.78 is 5.51. The molecule has 2 aromatic carbocycles. The molecule has 0 heterocycles. The van der Waals surface area contributed by atoms with E-state index < -0.39 is 0 Å². The number of para-hydroxylation sites is 1. The fourth-order valence-corrected chi connectivity index (χ4v) is 2.48. The Bertz CT molecular complexity index is 701. The van der Waals surface area contributed by atoms with Crippen LogP contribution >= 0.6 is 0 Å². The average molecular weight is 354 g/mol. The molecule has 0 radical (unpaired) electrons. The first-order valence-electron chi connectivity index (χ1n) is 8.89. The van der Waals surface area contributed by atoms with Crippen LogP contribution in [0.4, 0.5) is 0 Å². The van der Waals surface area contributed by atoms with Gasteiger partial charge in [-0.25, -0.2) is 0 Å². The number of hydrogen-bond donors (Lipinski definition) is 1. The molecule has 26 heavy (non-hydrogen) atoms. The lowest BCUT2D eigenvalue weighted by Gasteiger charge is -2.13. The lowest BCUT2D eigenvalue weighted by molar-refractivity contribution is -0.126. The molecule has 0 spiro atoms. The number of hydrogen-bond acceptors (Lipinski definition) is 4. The molecular formula is C21H26N2O3. The van der Waals surface area contributed by atoms with E-state index in [9.17, 15) is 4.79 Å². The van der Waals surface area contributed by atoms with Crippen molar-refractivity contribution in [3.8, 4) is 5.75 Å². The van der Waals surface area contributed by atoms with Gasteiger partial charge in [0.15, 0.2) is 6.61 Å². The fraction of sp³-hybridized carbons (Fsp3) is 0.333. The van der Waals surface area contributed by atoms with Crippen molar-refractivity contribution < 1.29 is 14.4 Å². The number of aryl methyl sites for hydroxylation is 1. The molecule has 0 aliphatic heterocycles. The Hall–Kier alpha value is -2.82. The predicted molar refractivity (Wildman–Crippen MR) is 104 cm³/mol. The summed E-state index contributed by atoms with van der Waals surface area (Å²) in [6, 6.07) is 17.8. The van der Waals surface area contributed by atoms with E-state index in [1.165, 1.54) is 5.56 Å². The van der Waals surface area contributed by atoms with Crippen LogP contribution in [0.1, 0.15) is 31.4 Å². The summed E-state index contributed by atoms with van der Waals surface area (Å²) in [6.07, 6.45) is 3.35. The largest absolute Gasteiger partial charge is 0.493 e. The molecule has 0 saturated heterocycles. The molecule has 2 aromatic rings. The number of carbonyl (C=O) groups is 1. The fourth-order valence-electron chi connectivity index (χ4n) is 2.48. The highest BCUT2D eigenvalue weighted by Crippen LogP contribution is 2.15. The second kappa shape index (κ2) is 10.9. The van der Waals surface area contributed by atoms with Gasteiger partial charge in [0.05, 0.1) is 12.8 Å². The Labute approximate surface area is 155 Å². The molecule has 138 valence electrons. The number of oxime groups is 1. The normalized spacial score (nSPS) is 11.9. The van der Waals surface area contributed by atoms with E-state index in [2.05, 4.69) is 22.6 Å². The first kappa shape index (κ1) is 19.5. The number of ether oxygens (including phenoxy) is 1. The maximum absolute atomic E-state index is 11.9. The number of amides is 1. The summed E-state index contributed by atoms with van der Waals surface area (Å²) in [7, 11) is 0. The second-order valence-corrected chi connectivity index (χ2v) is 5.97. The standard InChI is InChI=1S/C21H26N2O3/c1-3-25-20-12-8-7-11-19(20)15-22-26-16-21(24)23-17(2)13-14-18-9-5-4-6-10-18/h4-12,15,17H,3,13-14,16H2,1-2H3,(H,23,24)/b22-15+. The van der Waals surface area contributed by atoms with E-state index in [4.69, 9.17) is 9.57 Å². The van der Waals surface area contributed by atoms with E-state index in [0.717, 1.165) is 24.2 Å². The molecule has 5 nitrogen and oxygen atoms in total. The first-order chi connectivity index (χ1) is 12.7.